The van der Waals surface area contributed by atoms with Crippen molar-refractivity contribution in [1.82, 2.24) is 4.57 Å². The smallest absolute Gasteiger partial charge is 0.338 e. The van der Waals surface area contributed by atoms with Gasteiger partial charge in [-0.2, -0.15) is 0 Å². The van der Waals surface area contributed by atoms with Crippen molar-refractivity contribution in [2.45, 2.75) is 26.5 Å². The summed E-state index contributed by atoms with van der Waals surface area (Å²) in [6.07, 6.45) is 1.81. The molecule has 0 amide bonds. The number of allylic oxidation sites excluding steroid dienone is 1. The summed E-state index contributed by atoms with van der Waals surface area (Å²) in [6, 6.07) is 20.0. The lowest BCUT2D eigenvalue weighted by atomic mass is 9.96. The molecule has 0 saturated heterocycles. The van der Waals surface area contributed by atoms with E-state index in [1.165, 1.54) is 11.3 Å². The maximum Gasteiger partial charge on any atom is 0.338 e. The molecule has 0 N–H and O–H groups in total. The van der Waals surface area contributed by atoms with Gasteiger partial charge in [-0.15, -0.1) is 0 Å². The Bertz CT molecular complexity index is 1800. The van der Waals surface area contributed by atoms with Crippen molar-refractivity contribution < 1.29 is 14.3 Å². The highest BCUT2D eigenvalue weighted by Crippen LogP contribution is 2.31. The average Bonchev–Trinajstić information content (AvgIpc) is 3.23. The van der Waals surface area contributed by atoms with Crippen LogP contribution < -0.4 is 19.6 Å². The fourth-order valence-corrected chi connectivity index (χ4v) is 6.32. The van der Waals surface area contributed by atoms with Crippen molar-refractivity contribution in [2.24, 2.45) is 4.99 Å². The molecule has 0 radical (unpaired) electrons. The van der Waals surface area contributed by atoms with Crippen molar-refractivity contribution >= 4 is 66.8 Å². The summed E-state index contributed by atoms with van der Waals surface area (Å²) < 4.78 is 15.2. The van der Waals surface area contributed by atoms with E-state index in [1.807, 2.05) is 60.7 Å². The number of ether oxygens (including phenoxy) is 2. The Morgan fingerprint density at radius 2 is 1.82 bits per heavy atom. The third kappa shape index (κ3) is 6.02. The normalized spacial score (nSPS) is 15.0. The number of esters is 1. The number of hydrogen-bond acceptors (Lipinski definition) is 6. The number of thiazole rings is 1. The number of carbonyl (C=O) groups excluding carboxylic acids is 1. The highest BCUT2D eigenvalue weighted by Gasteiger charge is 2.33. The summed E-state index contributed by atoms with van der Waals surface area (Å²) in [5.41, 5.74) is 3.21. The first-order valence-electron chi connectivity index (χ1n) is 12.4. The maximum absolute atomic E-state index is 13.8. The van der Waals surface area contributed by atoms with Crippen LogP contribution in [-0.4, -0.2) is 17.1 Å². The van der Waals surface area contributed by atoms with E-state index in [2.05, 4.69) is 36.9 Å². The van der Waals surface area contributed by atoms with Crippen LogP contribution in [0.3, 0.4) is 0 Å². The van der Waals surface area contributed by atoms with Gasteiger partial charge >= 0.3 is 5.97 Å². The van der Waals surface area contributed by atoms with Crippen LogP contribution in [0.15, 0.2) is 96.7 Å². The molecule has 0 fully saturated rings. The molecule has 1 atom stereocenters. The van der Waals surface area contributed by atoms with Gasteiger partial charge in [-0.25, -0.2) is 9.79 Å². The first-order valence-corrected chi connectivity index (χ1v) is 15.1. The number of halogens is 3. The van der Waals surface area contributed by atoms with Crippen molar-refractivity contribution in [3.05, 3.63) is 128 Å². The topological polar surface area (TPSA) is 69.9 Å². The molecule has 0 bridgehead atoms. The van der Waals surface area contributed by atoms with Crippen LogP contribution in [0.2, 0.25) is 5.02 Å². The summed E-state index contributed by atoms with van der Waals surface area (Å²) in [4.78, 5) is 31.9. The molecule has 0 aliphatic carbocycles. The molecule has 5 rings (SSSR count). The molecule has 6 nitrogen and oxygen atoms in total. The average molecular weight is 703 g/mol. The van der Waals surface area contributed by atoms with E-state index in [0.29, 0.717) is 38.0 Å². The molecule has 1 aliphatic heterocycles. The van der Waals surface area contributed by atoms with Gasteiger partial charge in [0.05, 0.1) is 32.9 Å². The predicted octanol–water partition coefficient (Wildman–Crippen LogP) is 6.56. The monoisotopic (exact) mass is 700 g/mol. The maximum atomic E-state index is 13.8. The van der Waals surface area contributed by atoms with Gasteiger partial charge in [-0.05, 0) is 88.9 Å². The van der Waals surface area contributed by atoms with E-state index >= 15 is 0 Å². The first kappa shape index (κ1) is 28.5. The molecule has 0 unspecified atom stereocenters. The number of fused-ring (bicyclic) bond motifs is 1. The zero-order chi connectivity index (χ0) is 28.4. The van der Waals surface area contributed by atoms with Crippen LogP contribution in [0.1, 0.15) is 36.6 Å². The molecule has 2 heterocycles. The van der Waals surface area contributed by atoms with Gasteiger partial charge in [-0.1, -0.05) is 69.2 Å². The second kappa shape index (κ2) is 12.3. The number of rotatable bonds is 7. The molecule has 0 saturated carbocycles. The molecule has 4 aromatic rings. The Labute approximate surface area is 256 Å². The van der Waals surface area contributed by atoms with E-state index in [1.54, 1.807) is 30.5 Å². The van der Waals surface area contributed by atoms with Gasteiger partial charge in [0.25, 0.3) is 5.56 Å². The Hall–Kier alpha value is -2.98. The molecule has 40 heavy (non-hydrogen) atoms. The summed E-state index contributed by atoms with van der Waals surface area (Å²) in [6.45, 7) is 4.15. The summed E-state index contributed by atoms with van der Waals surface area (Å²) in [5, 5.41) is 0.560. The molecule has 3 aromatic carbocycles. The largest absolute Gasteiger partial charge is 0.488 e. The van der Waals surface area contributed by atoms with Crippen LogP contribution in [-0.2, 0) is 16.1 Å². The lowest BCUT2D eigenvalue weighted by Gasteiger charge is -2.24. The quantitative estimate of drug-likeness (QED) is 0.205. The summed E-state index contributed by atoms with van der Waals surface area (Å²) in [7, 11) is 0. The van der Waals surface area contributed by atoms with Crippen LogP contribution >= 0.6 is 54.8 Å². The second-order valence-corrected chi connectivity index (χ2v) is 12.2. The minimum Gasteiger partial charge on any atom is -0.488 e. The van der Waals surface area contributed by atoms with Gasteiger partial charge in [0.15, 0.2) is 4.80 Å². The minimum absolute atomic E-state index is 0.213. The van der Waals surface area contributed by atoms with Crippen LogP contribution in [0.25, 0.3) is 6.08 Å². The van der Waals surface area contributed by atoms with Gasteiger partial charge in [0, 0.05) is 9.50 Å². The van der Waals surface area contributed by atoms with Crippen LogP contribution in [0.4, 0.5) is 0 Å². The molecule has 1 aromatic heterocycles. The number of carbonyl (C=O) groups is 1. The summed E-state index contributed by atoms with van der Waals surface area (Å²) >= 11 is 14.4. The first-order chi connectivity index (χ1) is 19.2. The molecule has 1 aliphatic rings. The third-order valence-electron chi connectivity index (χ3n) is 6.26. The predicted molar refractivity (Wildman–Crippen MR) is 164 cm³/mol. The van der Waals surface area contributed by atoms with E-state index in [4.69, 9.17) is 21.1 Å². The van der Waals surface area contributed by atoms with Crippen LogP contribution in [0, 0.1) is 0 Å². The fraction of sp³-hybridized carbons (Fsp3) is 0.167. The number of nitrogens with zero attached hydrogens (tertiary/aromatic N) is 2. The Kier molecular flexibility index (Phi) is 8.75. The zero-order valence-corrected chi connectivity index (χ0v) is 26.2. The minimum atomic E-state index is -0.684. The second-order valence-electron chi connectivity index (χ2n) is 8.96. The number of aromatic nitrogens is 1. The Morgan fingerprint density at radius 3 is 2.50 bits per heavy atom. The van der Waals surface area contributed by atoms with Gasteiger partial charge in [0.2, 0.25) is 0 Å². The van der Waals surface area contributed by atoms with Crippen molar-refractivity contribution in [1.29, 1.82) is 0 Å². The van der Waals surface area contributed by atoms with Gasteiger partial charge in [0.1, 0.15) is 12.4 Å². The highest BCUT2D eigenvalue weighted by molar-refractivity contribution is 9.10. The standard InChI is InChI=1S/C30H23Br2ClN2O4S/c1-3-38-29(37)26-17(2)34-30-35(27(26)20-7-11-22(33)12-8-20)28(36)25(40-30)15-19-6-13-24(23(32)14-19)39-16-18-4-9-21(31)10-5-18/h4-15,27H,3,16H2,1-2H3/b25-15-/t27-/m1/s1. The molecule has 204 valence electrons. The van der Waals surface area contributed by atoms with Crippen molar-refractivity contribution in [3.8, 4) is 5.75 Å². The number of hydrogen-bond donors (Lipinski definition) is 0. The van der Waals surface area contributed by atoms with Gasteiger partial charge in [-0.3, -0.25) is 9.36 Å². The molecular formula is C30H23Br2ClN2O4S. The fourth-order valence-electron chi connectivity index (χ4n) is 4.37. The van der Waals surface area contributed by atoms with Crippen molar-refractivity contribution in [3.63, 3.8) is 0 Å². The summed E-state index contributed by atoms with van der Waals surface area (Å²) in [5.74, 6) is 0.194. The molecule has 10 heteroatoms. The van der Waals surface area contributed by atoms with Crippen LogP contribution in [0.5, 0.6) is 5.75 Å². The Morgan fingerprint density at radius 1 is 1.10 bits per heavy atom. The highest BCUT2D eigenvalue weighted by atomic mass is 79.9. The van der Waals surface area contributed by atoms with E-state index in [0.717, 1.165) is 25.6 Å². The molecule has 0 spiro atoms. The van der Waals surface area contributed by atoms with E-state index in [9.17, 15) is 9.59 Å². The van der Waals surface area contributed by atoms with E-state index in [-0.39, 0.29) is 12.2 Å². The van der Waals surface area contributed by atoms with Crippen molar-refractivity contribution in [2.75, 3.05) is 6.61 Å². The zero-order valence-electron chi connectivity index (χ0n) is 21.5. The Balaban J connectivity index is 1.51. The van der Waals surface area contributed by atoms with E-state index < -0.39 is 12.0 Å². The third-order valence-corrected chi connectivity index (χ3v) is 8.65. The van der Waals surface area contributed by atoms with Gasteiger partial charge < -0.3 is 9.47 Å². The lowest BCUT2D eigenvalue weighted by molar-refractivity contribution is -0.139. The SMILES string of the molecule is CCOC(=O)C1=C(C)N=c2s/c(=C\c3ccc(OCc4ccc(Br)cc4)c(Br)c3)c(=O)n2[C@@H]1c1ccc(Cl)cc1. The molecular weight excluding hydrogens is 680 g/mol. The lowest BCUT2D eigenvalue weighted by Crippen LogP contribution is -2.39. The number of benzene rings is 3.